The quantitative estimate of drug-likeness (QED) is 0.145. The SMILES string of the molecule is c1ccc(-c2ccc(N(c3cccc(-c4ccccc4)c3)c3cc(N(c4ccccc4)c4ccc(-c5ccccc5)cc4)c4oc5ccc6ccccc6c5c4c3)cc2)cc1. The minimum absolute atomic E-state index is 0.823. The monoisotopic (exact) mass is 780 g/mol. The van der Waals surface area contributed by atoms with Gasteiger partial charge in [-0.3, -0.25) is 0 Å². The van der Waals surface area contributed by atoms with Crippen LogP contribution in [-0.4, -0.2) is 0 Å². The fraction of sp³-hybridized carbons (Fsp3) is 0. The van der Waals surface area contributed by atoms with E-state index in [4.69, 9.17) is 4.42 Å². The summed E-state index contributed by atoms with van der Waals surface area (Å²) >= 11 is 0. The number of anilines is 6. The standard InChI is InChI=1S/C58H40N2O/c1-5-16-41(17-6-1)44-28-33-49(34-29-44)59(51-26-15-23-47(38-51)43-20-9-3-10-21-43)52-39-54-57-53-27-14-13-22-46(53)32-37-56(57)61-58(54)55(40-52)60(48-24-11-4-12-25-48)50-35-30-45(31-36-50)42-18-7-2-8-19-42/h1-40H. The Kier molecular flexibility index (Phi) is 9.18. The smallest absolute Gasteiger partial charge is 0.159 e. The number of nitrogens with zero attached hydrogens (tertiary/aromatic N) is 2. The summed E-state index contributed by atoms with van der Waals surface area (Å²) in [6.07, 6.45) is 0. The van der Waals surface area contributed by atoms with Crippen LogP contribution in [0.2, 0.25) is 0 Å². The normalized spacial score (nSPS) is 11.3. The lowest BCUT2D eigenvalue weighted by Crippen LogP contribution is -2.13. The van der Waals surface area contributed by atoms with Gasteiger partial charge in [0.15, 0.2) is 5.58 Å². The van der Waals surface area contributed by atoms with Gasteiger partial charge in [0, 0.05) is 39.2 Å². The molecule has 0 N–H and O–H groups in total. The number of hydrogen-bond donors (Lipinski definition) is 0. The Labute approximate surface area is 355 Å². The summed E-state index contributed by atoms with van der Waals surface area (Å²) in [5, 5.41) is 4.47. The molecule has 0 bridgehead atoms. The molecule has 10 aromatic carbocycles. The summed E-state index contributed by atoms with van der Waals surface area (Å²) in [7, 11) is 0. The van der Waals surface area contributed by atoms with E-state index >= 15 is 0 Å². The molecule has 0 aliphatic carbocycles. The molecule has 0 saturated carbocycles. The van der Waals surface area contributed by atoms with Gasteiger partial charge in [0.25, 0.3) is 0 Å². The average molecular weight is 781 g/mol. The Balaban J connectivity index is 1.19. The van der Waals surface area contributed by atoms with Crippen molar-refractivity contribution in [2.75, 3.05) is 9.80 Å². The first-order valence-corrected chi connectivity index (χ1v) is 20.7. The highest BCUT2D eigenvalue weighted by atomic mass is 16.3. The maximum Gasteiger partial charge on any atom is 0.159 e. The molecule has 0 unspecified atom stereocenters. The second kappa shape index (κ2) is 15.6. The van der Waals surface area contributed by atoms with Crippen molar-refractivity contribution in [3.63, 3.8) is 0 Å². The number of para-hydroxylation sites is 1. The zero-order valence-corrected chi connectivity index (χ0v) is 33.4. The van der Waals surface area contributed by atoms with Crippen LogP contribution in [-0.2, 0) is 0 Å². The van der Waals surface area contributed by atoms with E-state index < -0.39 is 0 Å². The lowest BCUT2D eigenvalue weighted by molar-refractivity contribution is 0.669. The molecule has 1 heterocycles. The molecular formula is C58H40N2O. The topological polar surface area (TPSA) is 19.6 Å². The maximum atomic E-state index is 7.04. The summed E-state index contributed by atoms with van der Waals surface area (Å²) < 4.78 is 7.04. The van der Waals surface area contributed by atoms with Gasteiger partial charge in [0.2, 0.25) is 0 Å². The molecule has 1 aromatic heterocycles. The number of fused-ring (bicyclic) bond motifs is 5. The van der Waals surface area contributed by atoms with E-state index in [-0.39, 0.29) is 0 Å². The second-order valence-corrected chi connectivity index (χ2v) is 15.4. The second-order valence-electron chi connectivity index (χ2n) is 15.4. The summed E-state index contributed by atoms with van der Waals surface area (Å²) in [5.41, 5.74) is 14.8. The summed E-state index contributed by atoms with van der Waals surface area (Å²) in [6.45, 7) is 0. The van der Waals surface area contributed by atoms with Crippen LogP contribution in [0.25, 0.3) is 66.1 Å². The van der Waals surface area contributed by atoms with Gasteiger partial charge in [0.1, 0.15) is 5.58 Å². The Morgan fingerprint density at radius 1 is 0.279 bits per heavy atom. The van der Waals surface area contributed by atoms with Crippen molar-refractivity contribution in [3.8, 4) is 33.4 Å². The molecule has 3 heteroatoms. The average Bonchev–Trinajstić information content (AvgIpc) is 3.73. The first-order valence-electron chi connectivity index (χ1n) is 20.7. The van der Waals surface area contributed by atoms with Crippen molar-refractivity contribution in [3.05, 3.63) is 243 Å². The van der Waals surface area contributed by atoms with E-state index in [1.165, 1.54) is 27.6 Å². The lowest BCUT2D eigenvalue weighted by Gasteiger charge is -2.30. The Hall–Kier alpha value is -8.14. The first kappa shape index (κ1) is 36.0. The Bertz CT molecular complexity index is 3270. The fourth-order valence-electron chi connectivity index (χ4n) is 8.69. The van der Waals surface area contributed by atoms with Gasteiger partial charge in [-0.1, -0.05) is 176 Å². The molecule has 0 fully saturated rings. The lowest BCUT2D eigenvalue weighted by atomic mass is 10.0. The van der Waals surface area contributed by atoms with E-state index in [1.54, 1.807) is 0 Å². The van der Waals surface area contributed by atoms with Gasteiger partial charge in [-0.25, -0.2) is 0 Å². The number of rotatable bonds is 9. The van der Waals surface area contributed by atoms with Crippen molar-refractivity contribution in [2.24, 2.45) is 0 Å². The molecule has 0 saturated heterocycles. The van der Waals surface area contributed by atoms with E-state index in [0.29, 0.717) is 0 Å². The van der Waals surface area contributed by atoms with Crippen molar-refractivity contribution < 1.29 is 4.42 Å². The van der Waals surface area contributed by atoms with E-state index in [1.807, 2.05) is 0 Å². The molecule has 61 heavy (non-hydrogen) atoms. The van der Waals surface area contributed by atoms with Crippen molar-refractivity contribution in [1.29, 1.82) is 0 Å². The molecule has 0 spiro atoms. The zero-order chi connectivity index (χ0) is 40.5. The number of hydrogen-bond acceptors (Lipinski definition) is 3. The predicted molar refractivity (Wildman–Crippen MR) is 257 cm³/mol. The zero-order valence-electron chi connectivity index (χ0n) is 33.4. The van der Waals surface area contributed by atoms with Crippen LogP contribution in [0.1, 0.15) is 0 Å². The van der Waals surface area contributed by atoms with Gasteiger partial charge in [0.05, 0.1) is 5.69 Å². The van der Waals surface area contributed by atoms with E-state index in [0.717, 1.165) is 72.6 Å². The van der Waals surface area contributed by atoms with E-state index in [2.05, 4.69) is 252 Å². The van der Waals surface area contributed by atoms with Gasteiger partial charge < -0.3 is 14.2 Å². The predicted octanol–water partition coefficient (Wildman–Crippen LogP) is 16.7. The van der Waals surface area contributed by atoms with Crippen LogP contribution in [0.4, 0.5) is 34.1 Å². The molecule has 3 nitrogen and oxygen atoms in total. The molecule has 11 aromatic rings. The van der Waals surface area contributed by atoms with Crippen LogP contribution >= 0.6 is 0 Å². The highest BCUT2D eigenvalue weighted by molar-refractivity contribution is 6.22. The molecule has 11 rings (SSSR count). The molecule has 0 amide bonds. The minimum atomic E-state index is 0.823. The highest BCUT2D eigenvalue weighted by Gasteiger charge is 2.25. The van der Waals surface area contributed by atoms with E-state index in [9.17, 15) is 0 Å². The largest absolute Gasteiger partial charge is 0.454 e. The van der Waals surface area contributed by atoms with Crippen LogP contribution in [0.5, 0.6) is 0 Å². The maximum absolute atomic E-state index is 7.04. The van der Waals surface area contributed by atoms with Crippen molar-refractivity contribution in [1.82, 2.24) is 0 Å². The molecule has 0 radical (unpaired) electrons. The molecule has 0 aliphatic heterocycles. The highest BCUT2D eigenvalue weighted by Crippen LogP contribution is 2.48. The Morgan fingerprint density at radius 2 is 0.754 bits per heavy atom. The first-order chi connectivity index (χ1) is 30.2. The van der Waals surface area contributed by atoms with Crippen LogP contribution in [0, 0.1) is 0 Å². The van der Waals surface area contributed by atoms with Crippen LogP contribution in [0.15, 0.2) is 247 Å². The summed E-state index contributed by atoms with van der Waals surface area (Å²) in [5.74, 6) is 0. The molecule has 0 aliphatic rings. The molecular weight excluding hydrogens is 741 g/mol. The fourth-order valence-corrected chi connectivity index (χ4v) is 8.69. The third kappa shape index (κ3) is 6.78. The third-order valence-electron chi connectivity index (χ3n) is 11.6. The van der Waals surface area contributed by atoms with Crippen LogP contribution in [0.3, 0.4) is 0 Å². The summed E-state index contributed by atoms with van der Waals surface area (Å²) in [6, 6.07) is 86.5. The van der Waals surface area contributed by atoms with Gasteiger partial charge in [-0.15, -0.1) is 0 Å². The third-order valence-corrected chi connectivity index (χ3v) is 11.6. The van der Waals surface area contributed by atoms with Crippen molar-refractivity contribution >= 4 is 66.8 Å². The minimum Gasteiger partial charge on any atom is -0.454 e. The van der Waals surface area contributed by atoms with Crippen molar-refractivity contribution in [2.45, 2.75) is 0 Å². The Morgan fingerprint density at radius 3 is 1.38 bits per heavy atom. The molecule has 288 valence electrons. The van der Waals surface area contributed by atoms with Crippen LogP contribution < -0.4 is 9.80 Å². The van der Waals surface area contributed by atoms with Gasteiger partial charge in [-0.2, -0.15) is 0 Å². The number of furan rings is 1. The van der Waals surface area contributed by atoms with Gasteiger partial charge in [-0.05, 0) is 111 Å². The molecule has 0 atom stereocenters. The summed E-state index contributed by atoms with van der Waals surface area (Å²) in [4.78, 5) is 4.72. The number of benzene rings is 10. The van der Waals surface area contributed by atoms with Gasteiger partial charge >= 0.3 is 0 Å².